The molecule has 0 bridgehead atoms. The van der Waals surface area contributed by atoms with Gasteiger partial charge in [-0.1, -0.05) is 6.92 Å². The van der Waals surface area contributed by atoms with Crippen molar-refractivity contribution in [2.75, 3.05) is 18.6 Å². The van der Waals surface area contributed by atoms with Gasteiger partial charge in [-0.3, -0.25) is 0 Å². The summed E-state index contributed by atoms with van der Waals surface area (Å²) in [7, 11) is 1.64. The molecule has 0 unspecified atom stereocenters. The van der Waals surface area contributed by atoms with Crippen LogP contribution in [-0.2, 0) is 0 Å². The second kappa shape index (κ2) is 6.15. The summed E-state index contributed by atoms with van der Waals surface area (Å²) in [5.41, 5.74) is 1.66. The summed E-state index contributed by atoms with van der Waals surface area (Å²) < 4.78 is 5.23. The van der Waals surface area contributed by atoms with Gasteiger partial charge in [0.2, 0.25) is 0 Å². The molecule has 0 amide bonds. The molecule has 0 atom stereocenters. The number of nitriles is 1. The van der Waals surface area contributed by atoms with Gasteiger partial charge in [0.1, 0.15) is 11.8 Å². The number of benzene rings is 1. The SMILES string of the molecule is CCCN(c1cc(OC)ccc1C#N)C(C)C. The Morgan fingerprint density at radius 3 is 2.59 bits per heavy atom. The zero-order valence-corrected chi connectivity index (χ0v) is 11.0. The lowest BCUT2D eigenvalue weighted by molar-refractivity contribution is 0.414. The van der Waals surface area contributed by atoms with Crippen molar-refractivity contribution in [2.45, 2.75) is 33.2 Å². The third-order valence-electron chi connectivity index (χ3n) is 2.72. The van der Waals surface area contributed by atoms with Crippen LogP contribution in [0.2, 0.25) is 0 Å². The first-order chi connectivity index (χ1) is 8.13. The van der Waals surface area contributed by atoms with Gasteiger partial charge in [0.25, 0.3) is 0 Å². The van der Waals surface area contributed by atoms with E-state index in [0.717, 1.165) is 24.4 Å². The van der Waals surface area contributed by atoms with E-state index in [9.17, 15) is 0 Å². The molecule has 0 saturated carbocycles. The molecule has 0 aromatic heterocycles. The van der Waals surface area contributed by atoms with Crippen molar-refractivity contribution in [1.82, 2.24) is 0 Å². The molecular weight excluding hydrogens is 212 g/mol. The van der Waals surface area contributed by atoms with Crippen LogP contribution in [0.1, 0.15) is 32.8 Å². The Morgan fingerprint density at radius 2 is 2.12 bits per heavy atom. The maximum Gasteiger partial charge on any atom is 0.121 e. The van der Waals surface area contributed by atoms with Crippen molar-refractivity contribution >= 4 is 5.69 Å². The Bertz CT molecular complexity index is 407. The minimum Gasteiger partial charge on any atom is -0.497 e. The number of nitrogens with zero attached hydrogens (tertiary/aromatic N) is 2. The molecule has 0 spiro atoms. The maximum atomic E-state index is 9.16. The summed E-state index contributed by atoms with van der Waals surface area (Å²) >= 11 is 0. The molecule has 92 valence electrons. The molecular formula is C14H20N2O. The molecule has 3 heteroatoms. The van der Waals surface area contributed by atoms with Crippen molar-refractivity contribution in [3.8, 4) is 11.8 Å². The van der Waals surface area contributed by atoms with Crippen LogP contribution in [0, 0.1) is 11.3 Å². The van der Waals surface area contributed by atoms with Crippen LogP contribution in [0.3, 0.4) is 0 Å². The number of methoxy groups -OCH3 is 1. The summed E-state index contributed by atoms with van der Waals surface area (Å²) in [4.78, 5) is 2.24. The van der Waals surface area contributed by atoms with Gasteiger partial charge in [0, 0.05) is 18.7 Å². The number of hydrogen-bond donors (Lipinski definition) is 0. The lowest BCUT2D eigenvalue weighted by atomic mass is 10.1. The van der Waals surface area contributed by atoms with Gasteiger partial charge in [0.15, 0.2) is 0 Å². The number of anilines is 1. The molecule has 0 aliphatic heterocycles. The van der Waals surface area contributed by atoms with Crippen molar-refractivity contribution < 1.29 is 4.74 Å². The fourth-order valence-corrected chi connectivity index (χ4v) is 1.87. The lowest BCUT2D eigenvalue weighted by Crippen LogP contribution is -2.32. The molecule has 0 aliphatic rings. The zero-order chi connectivity index (χ0) is 12.8. The highest BCUT2D eigenvalue weighted by molar-refractivity contribution is 5.62. The molecule has 1 aromatic carbocycles. The maximum absolute atomic E-state index is 9.16. The van der Waals surface area contributed by atoms with Crippen molar-refractivity contribution in [3.63, 3.8) is 0 Å². The quantitative estimate of drug-likeness (QED) is 0.782. The fraction of sp³-hybridized carbons (Fsp3) is 0.500. The average molecular weight is 232 g/mol. The molecule has 3 nitrogen and oxygen atoms in total. The third-order valence-corrected chi connectivity index (χ3v) is 2.72. The zero-order valence-electron chi connectivity index (χ0n) is 11.0. The smallest absolute Gasteiger partial charge is 0.121 e. The van der Waals surface area contributed by atoms with E-state index in [0.29, 0.717) is 11.6 Å². The Labute approximate surface area is 104 Å². The molecule has 1 aromatic rings. The van der Waals surface area contributed by atoms with Gasteiger partial charge >= 0.3 is 0 Å². The Hall–Kier alpha value is -1.69. The van der Waals surface area contributed by atoms with E-state index in [1.807, 2.05) is 18.2 Å². The third kappa shape index (κ3) is 3.13. The number of rotatable bonds is 5. The molecule has 0 N–H and O–H groups in total. The highest BCUT2D eigenvalue weighted by Gasteiger charge is 2.14. The van der Waals surface area contributed by atoms with Crippen LogP contribution in [-0.4, -0.2) is 19.7 Å². The van der Waals surface area contributed by atoms with E-state index in [2.05, 4.69) is 31.7 Å². The highest BCUT2D eigenvalue weighted by Crippen LogP contribution is 2.27. The van der Waals surface area contributed by atoms with E-state index in [1.54, 1.807) is 7.11 Å². The Kier molecular flexibility index (Phi) is 4.84. The van der Waals surface area contributed by atoms with Crippen LogP contribution < -0.4 is 9.64 Å². The summed E-state index contributed by atoms with van der Waals surface area (Å²) in [6.07, 6.45) is 1.06. The van der Waals surface area contributed by atoms with E-state index < -0.39 is 0 Å². The van der Waals surface area contributed by atoms with Crippen molar-refractivity contribution in [3.05, 3.63) is 23.8 Å². The van der Waals surface area contributed by atoms with E-state index in [4.69, 9.17) is 10.00 Å². The highest BCUT2D eigenvalue weighted by atomic mass is 16.5. The number of hydrogen-bond acceptors (Lipinski definition) is 3. The predicted octanol–water partition coefficient (Wildman–Crippen LogP) is 3.19. The Morgan fingerprint density at radius 1 is 1.41 bits per heavy atom. The molecule has 0 saturated heterocycles. The molecule has 0 aliphatic carbocycles. The van der Waals surface area contributed by atoms with Crippen LogP contribution >= 0.6 is 0 Å². The first-order valence-corrected chi connectivity index (χ1v) is 5.98. The van der Waals surface area contributed by atoms with Crippen LogP contribution in [0.25, 0.3) is 0 Å². The topological polar surface area (TPSA) is 36.3 Å². The molecule has 0 radical (unpaired) electrons. The van der Waals surface area contributed by atoms with E-state index in [1.165, 1.54) is 0 Å². The van der Waals surface area contributed by atoms with Gasteiger partial charge < -0.3 is 9.64 Å². The van der Waals surface area contributed by atoms with Crippen LogP contribution in [0.4, 0.5) is 5.69 Å². The second-order valence-electron chi connectivity index (χ2n) is 4.28. The van der Waals surface area contributed by atoms with Crippen LogP contribution in [0.5, 0.6) is 5.75 Å². The summed E-state index contributed by atoms with van der Waals surface area (Å²) in [5, 5.41) is 9.16. The molecule has 0 heterocycles. The fourth-order valence-electron chi connectivity index (χ4n) is 1.87. The first kappa shape index (κ1) is 13.4. The summed E-state index contributed by atoms with van der Waals surface area (Å²) in [6, 6.07) is 8.20. The minimum absolute atomic E-state index is 0.370. The molecule has 1 rings (SSSR count). The van der Waals surface area contributed by atoms with Crippen LogP contribution in [0.15, 0.2) is 18.2 Å². The summed E-state index contributed by atoms with van der Waals surface area (Å²) in [5.74, 6) is 0.792. The first-order valence-electron chi connectivity index (χ1n) is 5.98. The monoisotopic (exact) mass is 232 g/mol. The second-order valence-corrected chi connectivity index (χ2v) is 4.28. The van der Waals surface area contributed by atoms with Crippen molar-refractivity contribution in [1.29, 1.82) is 5.26 Å². The minimum atomic E-state index is 0.370. The Balaban J connectivity index is 3.19. The molecule has 0 fully saturated rings. The van der Waals surface area contributed by atoms with Gasteiger partial charge in [0.05, 0.1) is 18.4 Å². The average Bonchev–Trinajstić information content (AvgIpc) is 2.34. The van der Waals surface area contributed by atoms with E-state index >= 15 is 0 Å². The predicted molar refractivity (Wildman–Crippen MR) is 70.5 cm³/mol. The van der Waals surface area contributed by atoms with Gasteiger partial charge in [-0.25, -0.2) is 0 Å². The van der Waals surface area contributed by atoms with Gasteiger partial charge in [-0.15, -0.1) is 0 Å². The summed E-state index contributed by atoms with van der Waals surface area (Å²) in [6.45, 7) is 7.35. The van der Waals surface area contributed by atoms with Crippen molar-refractivity contribution in [2.24, 2.45) is 0 Å². The van der Waals surface area contributed by atoms with Gasteiger partial charge in [-0.2, -0.15) is 5.26 Å². The number of ether oxygens (including phenoxy) is 1. The largest absolute Gasteiger partial charge is 0.497 e. The van der Waals surface area contributed by atoms with E-state index in [-0.39, 0.29) is 0 Å². The molecule has 17 heavy (non-hydrogen) atoms. The van der Waals surface area contributed by atoms with Gasteiger partial charge in [-0.05, 0) is 32.4 Å². The standard InChI is InChI=1S/C14H20N2O/c1-5-8-16(11(2)3)14-9-13(17-4)7-6-12(14)10-15/h6-7,9,11H,5,8H2,1-4H3. The lowest BCUT2D eigenvalue weighted by Gasteiger charge is -2.29. The normalized spacial score (nSPS) is 10.1.